The maximum atomic E-state index is 11.9. The summed E-state index contributed by atoms with van der Waals surface area (Å²) in [6, 6.07) is 5.99. The molecule has 8 heteroatoms. The van der Waals surface area contributed by atoms with Gasteiger partial charge in [0.15, 0.2) is 5.43 Å². The van der Waals surface area contributed by atoms with Crippen LogP contribution in [0.5, 0.6) is 0 Å². The van der Waals surface area contributed by atoms with E-state index in [2.05, 4.69) is 25.6 Å². The van der Waals surface area contributed by atoms with Crippen LogP contribution in [0.3, 0.4) is 0 Å². The Morgan fingerprint density at radius 3 is 2.84 bits per heavy atom. The van der Waals surface area contributed by atoms with Gasteiger partial charge in [-0.15, -0.1) is 10.2 Å². The van der Waals surface area contributed by atoms with Crippen LogP contribution in [0, 0.1) is 0 Å². The highest BCUT2D eigenvalue weighted by molar-refractivity contribution is 5.95. The maximum Gasteiger partial charge on any atom is 0.352 e. The summed E-state index contributed by atoms with van der Waals surface area (Å²) in [6.45, 7) is 0. The molecule has 0 unspecified atom stereocenters. The molecule has 19 heavy (non-hydrogen) atoms. The number of carbonyl (C=O) groups is 1. The van der Waals surface area contributed by atoms with Crippen molar-refractivity contribution >= 4 is 16.9 Å². The second-order valence-electron chi connectivity index (χ2n) is 3.82. The molecule has 0 radical (unpaired) electrons. The Morgan fingerprint density at radius 2 is 2.16 bits per heavy atom. The number of fused-ring (bicyclic) bond motifs is 1. The van der Waals surface area contributed by atoms with E-state index >= 15 is 0 Å². The number of pyridine rings is 1. The molecule has 0 amide bonds. The van der Waals surface area contributed by atoms with E-state index in [1.165, 1.54) is 0 Å². The molecule has 3 rings (SSSR count). The van der Waals surface area contributed by atoms with Crippen molar-refractivity contribution in [2.24, 2.45) is 0 Å². The first-order valence-corrected chi connectivity index (χ1v) is 5.30. The van der Waals surface area contributed by atoms with Gasteiger partial charge in [-0.2, -0.15) is 5.21 Å². The number of carboxylic acid groups (broad SMARTS) is 1. The molecule has 1 aromatic carbocycles. The van der Waals surface area contributed by atoms with E-state index < -0.39 is 5.97 Å². The second-order valence-corrected chi connectivity index (χ2v) is 3.82. The van der Waals surface area contributed by atoms with Crippen molar-refractivity contribution in [1.29, 1.82) is 0 Å². The number of carboxylic acids is 1. The number of aromatic nitrogens is 5. The lowest BCUT2D eigenvalue weighted by molar-refractivity contribution is 0.0691. The number of nitrogens with one attached hydrogen (secondary N) is 2. The highest BCUT2D eigenvalue weighted by atomic mass is 16.4. The van der Waals surface area contributed by atoms with Crippen molar-refractivity contribution in [1.82, 2.24) is 25.6 Å². The van der Waals surface area contributed by atoms with E-state index in [1.807, 2.05) is 0 Å². The smallest absolute Gasteiger partial charge is 0.352 e. The van der Waals surface area contributed by atoms with E-state index in [1.54, 1.807) is 18.2 Å². The van der Waals surface area contributed by atoms with Gasteiger partial charge in [-0.1, -0.05) is 6.07 Å². The van der Waals surface area contributed by atoms with Crippen molar-refractivity contribution in [2.45, 2.75) is 0 Å². The van der Waals surface area contributed by atoms with E-state index in [0.29, 0.717) is 16.5 Å². The Morgan fingerprint density at radius 1 is 1.32 bits per heavy atom. The summed E-state index contributed by atoms with van der Waals surface area (Å²) in [5.74, 6) is -0.925. The summed E-state index contributed by atoms with van der Waals surface area (Å²) in [7, 11) is 0. The van der Waals surface area contributed by atoms with Gasteiger partial charge in [0.05, 0.1) is 5.52 Å². The number of nitrogens with zero attached hydrogens (tertiary/aromatic N) is 3. The van der Waals surface area contributed by atoms with E-state index in [-0.39, 0.29) is 16.9 Å². The van der Waals surface area contributed by atoms with Crippen molar-refractivity contribution in [3.8, 4) is 11.4 Å². The monoisotopic (exact) mass is 257 g/mol. The molecule has 8 nitrogen and oxygen atoms in total. The zero-order chi connectivity index (χ0) is 13.4. The number of aromatic carboxylic acids is 1. The third kappa shape index (κ3) is 1.75. The molecule has 0 bridgehead atoms. The second kappa shape index (κ2) is 4.02. The zero-order valence-corrected chi connectivity index (χ0v) is 9.41. The maximum absolute atomic E-state index is 11.9. The van der Waals surface area contributed by atoms with Crippen LogP contribution in [0.4, 0.5) is 0 Å². The van der Waals surface area contributed by atoms with Gasteiger partial charge in [0, 0.05) is 17.0 Å². The van der Waals surface area contributed by atoms with Gasteiger partial charge in [-0.05, 0) is 17.3 Å². The third-order valence-corrected chi connectivity index (χ3v) is 2.68. The predicted octanol–water partition coefficient (Wildman–Crippen LogP) is 0.406. The summed E-state index contributed by atoms with van der Waals surface area (Å²) >= 11 is 0. The highest BCUT2D eigenvalue weighted by Gasteiger charge is 2.13. The van der Waals surface area contributed by atoms with Crippen LogP contribution >= 0.6 is 0 Å². The molecule has 0 saturated carbocycles. The van der Waals surface area contributed by atoms with Crippen LogP contribution in [0.2, 0.25) is 0 Å². The van der Waals surface area contributed by atoms with Gasteiger partial charge < -0.3 is 10.1 Å². The van der Waals surface area contributed by atoms with Gasteiger partial charge in [0.25, 0.3) is 0 Å². The molecule has 2 aromatic heterocycles. The Labute approximate surface area is 105 Å². The van der Waals surface area contributed by atoms with Crippen LogP contribution in [-0.4, -0.2) is 36.7 Å². The van der Waals surface area contributed by atoms with Gasteiger partial charge in [-0.25, -0.2) is 4.79 Å². The lowest BCUT2D eigenvalue weighted by Gasteiger charge is -2.04. The fraction of sp³-hybridized carbons (Fsp3) is 0. The fourth-order valence-corrected chi connectivity index (χ4v) is 1.85. The first-order valence-electron chi connectivity index (χ1n) is 5.30. The quantitative estimate of drug-likeness (QED) is 0.610. The molecule has 0 aliphatic carbocycles. The molecule has 3 aromatic rings. The Kier molecular flexibility index (Phi) is 2.34. The Hall–Kier alpha value is -3.03. The molecule has 94 valence electrons. The molecule has 0 spiro atoms. The summed E-state index contributed by atoms with van der Waals surface area (Å²) in [5, 5.41) is 22.7. The van der Waals surface area contributed by atoms with Gasteiger partial charge in [0.1, 0.15) is 5.69 Å². The van der Waals surface area contributed by atoms with Crippen molar-refractivity contribution in [3.05, 3.63) is 40.2 Å². The van der Waals surface area contributed by atoms with Crippen LogP contribution in [0.15, 0.2) is 29.1 Å². The fourth-order valence-electron chi connectivity index (χ4n) is 1.85. The number of H-pyrrole nitrogens is 2. The van der Waals surface area contributed by atoms with E-state index in [0.717, 1.165) is 6.07 Å². The molecule has 3 N–H and O–H groups in total. The highest BCUT2D eigenvalue weighted by Crippen LogP contribution is 2.22. The van der Waals surface area contributed by atoms with E-state index in [4.69, 9.17) is 5.11 Å². The first kappa shape index (κ1) is 11.1. The molecule has 0 aliphatic rings. The molecule has 0 atom stereocenters. The van der Waals surface area contributed by atoms with Gasteiger partial charge >= 0.3 is 5.97 Å². The number of benzene rings is 1. The number of aromatic amines is 2. The molecule has 0 aliphatic heterocycles. The summed E-state index contributed by atoms with van der Waals surface area (Å²) in [6.07, 6.45) is 0. The van der Waals surface area contributed by atoms with Gasteiger partial charge in [0.2, 0.25) is 5.82 Å². The number of hydrogen-bond acceptors (Lipinski definition) is 5. The summed E-state index contributed by atoms with van der Waals surface area (Å²) in [4.78, 5) is 25.6. The molecular weight excluding hydrogens is 250 g/mol. The average Bonchev–Trinajstić information content (AvgIpc) is 2.91. The summed E-state index contributed by atoms with van der Waals surface area (Å²) < 4.78 is 0. The zero-order valence-electron chi connectivity index (χ0n) is 9.41. The third-order valence-electron chi connectivity index (χ3n) is 2.68. The normalized spacial score (nSPS) is 10.7. The number of tetrazole rings is 1. The standard InChI is InChI=1S/C11H7N5O3/c17-8-4-7(11(18)19)12-9-5(8)2-1-3-6(9)10-13-15-16-14-10/h1-4H,(H,12,17)(H,18,19)(H,13,14,15,16). The largest absolute Gasteiger partial charge is 0.477 e. The lowest BCUT2D eigenvalue weighted by Crippen LogP contribution is -2.10. The number of hydrogen-bond donors (Lipinski definition) is 3. The van der Waals surface area contributed by atoms with Gasteiger partial charge in [-0.3, -0.25) is 4.79 Å². The topological polar surface area (TPSA) is 125 Å². The minimum Gasteiger partial charge on any atom is -0.477 e. The van der Waals surface area contributed by atoms with Crippen LogP contribution in [-0.2, 0) is 0 Å². The minimum atomic E-state index is -1.21. The van der Waals surface area contributed by atoms with Crippen LogP contribution in [0.25, 0.3) is 22.3 Å². The van der Waals surface area contributed by atoms with Crippen molar-refractivity contribution in [2.75, 3.05) is 0 Å². The summed E-state index contributed by atoms with van der Waals surface area (Å²) in [5.41, 5.74) is 0.310. The Bertz CT molecular complexity index is 822. The average molecular weight is 257 g/mol. The number of rotatable bonds is 2. The van der Waals surface area contributed by atoms with Crippen molar-refractivity contribution in [3.63, 3.8) is 0 Å². The molecular formula is C11H7N5O3. The minimum absolute atomic E-state index is 0.187. The number of para-hydroxylation sites is 1. The van der Waals surface area contributed by atoms with E-state index in [9.17, 15) is 9.59 Å². The SMILES string of the molecule is O=C(O)c1cc(=O)c2cccc(-c3nn[nH]n3)c2[nH]1. The molecule has 0 saturated heterocycles. The van der Waals surface area contributed by atoms with Crippen LogP contribution < -0.4 is 5.43 Å². The van der Waals surface area contributed by atoms with Crippen molar-refractivity contribution < 1.29 is 9.90 Å². The molecule has 0 fully saturated rings. The first-order chi connectivity index (χ1) is 9.16. The Balaban J connectivity index is 2.41. The predicted molar refractivity (Wildman–Crippen MR) is 64.7 cm³/mol. The van der Waals surface area contributed by atoms with Crippen LogP contribution in [0.1, 0.15) is 10.5 Å². The molecule has 2 heterocycles. The lowest BCUT2D eigenvalue weighted by atomic mass is 10.1.